The van der Waals surface area contributed by atoms with Crippen molar-refractivity contribution >= 4 is 17.7 Å². The summed E-state index contributed by atoms with van der Waals surface area (Å²) in [5.41, 5.74) is 0.790. The standard InChI is InChI=1S/C12H12ClF3/c1-9-8-11(12(14,15)16)6-5-10(9)4-2-3-7-13/h2,4-6,8H,3,7H2,1H3. The van der Waals surface area contributed by atoms with Gasteiger partial charge in [0.05, 0.1) is 5.56 Å². The Hall–Kier alpha value is -0.960. The van der Waals surface area contributed by atoms with Crippen LogP contribution in [0.1, 0.15) is 23.1 Å². The molecular weight excluding hydrogens is 237 g/mol. The van der Waals surface area contributed by atoms with E-state index >= 15 is 0 Å². The molecule has 16 heavy (non-hydrogen) atoms. The zero-order chi connectivity index (χ0) is 12.2. The molecule has 0 nitrogen and oxygen atoms in total. The van der Waals surface area contributed by atoms with Crippen LogP contribution in [0.2, 0.25) is 0 Å². The summed E-state index contributed by atoms with van der Waals surface area (Å²) in [6, 6.07) is 3.72. The lowest BCUT2D eigenvalue weighted by molar-refractivity contribution is -0.137. The number of allylic oxidation sites excluding steroid dienone is 1. The van der Waals surface area contributed by atoms with Crippen LogP contribution in [0, 0.1) is 6.92 Å². The molecule has 0 aliphatic rings. The van der Waals surface area contributed by atoms with Gasteiger partial charge in [0.2, 0.25) is 0 Å². The summed E-state index contributed by atoms with van der Waals surface area (Å²) in [6.45, 7) is 1.66. The van der Waals surface area contributed by atoms with Crippen LogP contribution in [0.15, 0.2) is 24.3 Å². The van der Waals surface area contributed by atoms with Crippen LogP contribution < -0.4 is 0 Å². The van der Waals surface area contributed by atoms with Crippen LogP contribution in [-0.4, -0.2) is 5.88 Å². The highest BCUT2D eigenvalue weighted by atomic mass is 35.5. The lowest BCUT2D eigenvalue weighted by atomic mass is 10.0. The van der Waals surface area contributed by atoms with Gasteiger partial charge in [0.15, 0.2) is 0 Å². The van der Waals surface area contributed by atoms with Gasteiger partial charge in [-0.25, -0.2) is 0 Å². The quantitative estimate of drug-likeness (QED) is 0.683. The van der Waals surface area contributed by atoms with Crippen molar-refractivity contribution in [3.8, 4) is 0 Å². The van der Waals surface area contributed by atoms with Crippen LogP contribution in [0.5, 0.6) is 0 Å². The molecule has 0 N–H and O–H groups in total. The lowest BCUT2D eigenvalue weighted by Gasteiger charge is -2.08. The minimum Gasteiger partial charge on any atom is -0.166 e. The highest BCUT2D eigenvalue weighted by Gasteiger charge is 2.30. The van der Waals surface area contributed by atoms with E-state index < -0.39 is 11.7 Å². The Bertz CT molecular complexity index is 380. The molecule has 4 heteroatoms. The van der Waals surface area contributed by atoms with Crippen LogP contribution >= 0.6 is 11.6 Å². The fourth-order valence-electron chi connectivity index (χ4n) is 1.31. The Kier molecular flexibility index (Phi) is 4.42. The van der Waals surface area contributed by atoms with Crippen molar-refractivity contribution in [2.75, 3.05) is 5.88 Å². The summed E-state index contributed by atoms with van der Waals surface area (Å²) >= 11 is 5.49. The van der Waals surface area contributed by atoms with E-state index in [9.17, 15) is 13.2 Å². The van der Waals surface area contributed by atoms with Gasteiger partial charge in [-0.15, -0.1) is 11.6 Å². The molecule has 0 saturated heterocycles. The molecule has 0 atom stereocenters. The molecule has 0 radical (unpaired) electrons. The SMILES string of the molecule is Cc1cc(C(F)(F)F)ccc1C=CCCCl. The summed E-state index contributed by atoms with van der Waals surface area (Å²) in [4.78, 5) is 0. The van der Waals surface area contributed by atoms with E-state index in [1.54, 1.807) is 13.0 Å². The van der Waals surface area contributed by atoms with E-state index in [-0.39, 0.29) is 0 Å². The van der Waals surface area contributed by atoms with Gasteiger partial charge in [0.25, 0.3) is 0 Å². The van der Waals surface area contributed by atoms with Crippen molar-refractivity contribution in [3.05, 3.63) is 41.0 Å². The number of rotatable bonds is 3. The first-order valence-electron chi connectivity index (χ1n) is 4.85. The van der Waals surface area contributed by atoms with Gasteiger partial charge in [0, 0.05) is 5.88 Å². The average Bonchev–Trinajstić information content (AvgIpc) is 2.19. The zero-order valence-corrected chi connectivity index (χ0v) is 9.57. The van der Waals surface area contributed by atoms with Gasteiger partial charge in [-0.1, -0.05) is 18.2 Å². The van der Waals surface area contributed by atoms with E-state index in [0.717, 1.165) is 17.7 Å². The van der Waals surface area contributed by atoms with Crippen molar-refractivity contribution < 1.29 is 13.2 Å². The third kappa shape index (κ3) is 3.56. The molecule has 0 fully saturated rings. The molecule has 0 unspecified atom stereocenters. The largest absolute Gasteiger partial charge is 0.416 e. The lowest BCUT2D eigenvalue weighted by Crippen LogP contribution is -2.05. The molecule has 0 saturated carbocycles. The maximum absolute atomic E-state index is 12.4. The van der Waals surface area contributed by atoms with Gasteiger partial charge in [-0.05, 0) is 36.6 Å². The van der Waals surface area contributed by atoms with Gasteiger partial charge in [-0.2, -0.15) is 13.2 Å². The van der Waals surface area contributed by atoms with E-state index in [1.807, 2.05) is 6.08 Å². The monoisotopic (exact) mass is 248 g/mol. The summed E-state index contributed by atoms with van der Waals surface area (Å²) in [5.74, 6) is 0.510. The number of aryl methyl sites for hydroxylation is 1. The molecule has 1 aromatic rings. The molecule has 88 valence electrons. The predicted molar refractivity (Wildman–Crippen MR) is 60.6 cm³/mol. The molecule has 0 amide bonds. The highest BCUT2D eigenvalue weighted by molar-refractivity contribution is 6.17. The average molecular weight is 249 g/mol. The van der Waals surface area contributed by atoms with Crippen molar-refractivity contribution in [2.24, 2.45) is 0 Å². The van der Waals surface area contributed by atoms with Crippen LogP contribution in [0.25, 0.3) is 6.08 Å². The van der Waals surface area contributed by atoms with E-state index in [4.69, 9.17) is 11.6 Å². The number of halogens is 4. The van der Waals surface area contributed by atoms with Crippen molar-refractivity contribution in [3.63, 3.8) is 0 Å². The summed E-state index contributed by atoms with van der Waals surface area (Å²) in [6.07, 6.45) is 0.0750. The normalized spacial score (nSPS) is 12.3. The second kappa shape index (κ2) is 5.39. The minimum absolute atomic E-state index is 0.510. The summed E-state index contributed by atoms with van der Waals surface area (Å²) in [7, 11) is 0. The molecule has 0 aromatic heterocycles. The minimum atomic E-state index is -4.27. The molecular formula is C12H12ClF3. The van der Waals surface area contributed by atoms with Crippen molar-refractivity contribution in [2.45, 2.75) is 19.5 Å². The molecule has 0 heterocycles. The third-order valence-corrected chi connectivity index (χ3v) is 2.39. The Morgan fingerprint density at radius 1 is 1.31 bits per heavy atom. The van der Waals surface area contributed by atoms with Crippen LogP contribution in [0.4, 0.5) is 13.2 Å². The van der Waals surface area contributed by atoms with E-state index in [1.165, 1.54) is 6.07 Å². The van der Waals surface area contributed by atoms with Crippen LogP contribution in [-0.2, 0) is 6.18 Å². The third-order valence-electron chi connectivity index (χ3n) is 2.17. The van der Waals surface area contributed by atoms with E-state index in [2.05, 4.69) is 0 Å². The number of hydrogen-bond acceptors (Lipinski definition) is 0. The van der Waals surface area contributed by atoms with Crippen molar-refractivity contribution in [1.29, 1.82) is 0 Å². The maximum Gasteiger partial charge on any atom is 0.416 e. The Balaban J connectivity index is 2.92. The zero-order valence-electron chi connectivity index (χ0n) is 8.81. The van der Waals surface area contributed by atoms with E-state index in [0.29, 0.717) is 17.9 Å². The second-order valence-corrected chi connectivity index (χ2v) is 3.83. The highest BCUT2D eigenvalue weighted by Crippen LogP contribution is 2.30. The van der Waals surface area contributed by atoms with Gasteiger partial charge < -0.3 is 0 Å². The second-order valence-electron chi connectivity index (χ2n) is 3.45. The topological polar surface area (TPSA) is 0 Å². The number of benzene rings is 1. The Labute approximate surface area is 97.7 Å². The van der Waals surface area contributed by atoms with Gasteiger partial charge >= 0.3 is 6.18 Å². The first kappa shape index (κ1) is 13.1. The summed E-state index contributed by atoms with van der Waals surface area (Å²) < 4.78 is 37.1. The molecule has 0 aliphatic carbocycles. The fraction of sp³-hybridized carbons (Fsp3) is 0.333. The molecule has 0 bridgehead atoms. The van der Waals surface area contributed by atoms with Crippen LogP contribution in [0.3, 0.4) is 0 Å². The first-order chi connectivity index (χ1) is 7.45. The summed E-state index contributed by atoms with van der Waals surface area (Å²) in [5, 5.41) is 0. The molecule has 1 aromatic carbocycles. The van der Waals surface area contributed by atoms with Gasteiger partial charge in [-0.3, -0.25) is 0 Å². The number of hydrogen-bond donors (Lipinski definition) is 0. The first-order valence-corrected chi connectivity index (χ1v) is 5.39. The van der Waals surface area contributed by atoms with Crippen molar-refractivity contribution in [1.82, 2.24) is 0 Å². The smallest absolute Gasteiger partial charge is 0.166 e. The predicted octanol–water partition coefficient (Wildman–Crippen LogP) is 4.66. The molecule has 0 aliphatic heterocycles. The molecule has 0 spiro atoms. The Morgan fingerprint density at radius 2 is 2.00 bits per heavy atom. The molecule has 1 rings (SSSR count). The Morgan fingerprint density at radius 3 is 2.50 bits per heavy atom. The van der Waals surface area contributed by atoms with Gasteiger partial charge in [0.1, 0.15) is 0 Å². The number of alkyl halides is 4. The fourth-order valence-corrected chi connectivity index (χ4v) is 1.44. The maximum atomic E-state index is 12.4.